The lowest BCUT2D eigenvalue weighted by Crippen LogP contribution is -2.39. The summed E-state index contributed by atoms with van der Waals surface area (Å²) in [6.07, 6.45) is 1.08. The Kier molecular flexibility index (Phi) is 2.99. The number of nitrogens with two attached hydrogens (primary N) is 1. The van der Waals surface area contributed by atoms with E-state index < -0.39 is 15.1 Å². The van der Waals surface area contributed by atoms with Gasteiger partial charge in [-0.3, -0.25) is 0 Å². The summed E-state index contributed by atoms with van der Waals surface area (Å²) in [4.78, 5) is 0. The first-order valence-corrected chi connectivity index (χ1v) is 6.22. The number of hydrogen-bond donors (Lipinski definition) is 2. The Morgan fingerprint density at radius 3 is 2.54 bits per heavy atom. The van der Waals surface area contributed by atoms with Crippen LogP contribution >= 0.6 is 0 Å². The zero-order chi connectivity index (χ0) is 10.1. The fourth-order valence-electron chi connectivity index (χ4n) is 2.03. The Bertz CT molecular complexity index is 275. The van der Waals surface area contributed by atoms with E-state index in [0.717, 1.165) is 0 Å². The molecule has 4 nitrogen and oxygen atoms in total. The van der Waals surface area contributed by atoms with Gasteiger partial charge in [0.05, 0.1) is 11.0 Å². The molecule has 0 radical (unpaired) electrons. The van der Waals surface area contributed by atoms with Crippen LogP contribution in [-0.4, -0.2) is 37.7 Å². The number of aliphatic hydroxyl groups excluding tert-OH is 1. The monoisotopic (exact) mass is 207 g/mol. The number of sulfone groups is 1. The minimum absolute atomic E-state index is 0.0110. The summed E-state index contributed by atoms with van der Waals surface area (Å²) in [5.74, 6) is 0.214. The van der Waals surface area contributed by atoms with Crippen molar-refractivity contribution in [1.29, 1.82) is 0 Å². The van der Waals surface area contributed by atoms with Crippen molar-refractivity contribution in [2.75, 3.05) is 18.9 Å². The molecule has 1 saturated heterocycles. The highest BCUT2D eigenvalue weighted by molar-refractivity contribution is 7.92. The van der Waals surface area contributed by atoms with Gasteiger partial charge < -0.3 is 10.8 Å². The van der Waals surface area contributed by atoms with Gasteiger partial charge in [0.1, 0.15) is 0 Å². The smallest absolute Gasteiger partial charge is 0.153 e. The molecule has 2 atom stereocenters. The van der Waals surface area contributed by atoms with Crippen LogP contribution in [0.5, 0.6) is 0 Å². The van der Waals surface area contributed by atoms with Gasteiger partial charge in [0.2, 0.25) is 0 Å². The quantitative estimate of drug-likeness (QED) is 0.655. The van der Waals surface area contributed by atoms with Crippen LogP contribution in [0.4, 0.5) is 0 Å². The van der Waals surface area contributed by atoms with E-state index in [4.69, 9.17) is 10.8 Å². The molecule has 3 N–H and O–H groups in total. The predicted molar refractivity (Wildman–Crippen MR) is 51.1 cm³/mol. The van der Waals surface area contributed by atoms with Gasteiger partial charge in [0.15, 0.2) is 9.84 Å². The Balaban J connectivity index is 2.92. The third-order valence-electron chi connectivity index (χ3n) is 3.30. The van der Waals surface area contributed by atoms with Crippen LogP contribution in [0.25, 0.3) is 0 Å². The van der Waals surface area contributed by atoms with E-state index in [1.165, 1.54) is 0 Å². The third-order valence-corrected chi connectivity index (χ3v) is 5.65. The lowest BCUT2D eigenvalue weighted by Gasteiger charge is -2.29. The van der Waals surface area contributed by atoms with Crippen molar-refractivity contribution in [3.8, 4) is 0 Å². The van der Waals surface area contributed by atoms with E-state index in [1.807, 2.05) is 0 Å². The molecule has 0 bridgehead atoms. The molecule has 1 aliphatic heterocycles. The molecule has 1 heterocycles. The lowest BCUT2D eigenvalue weighted by molar-refractivity contribution is 0.187. The van der Waals surface area contributed by atoms with Gasteiger partial charge in [-0.15, -0.1) is 0 Å². The number of hydrogen-bond acceptors (Lipinski definition) is 4. The van der Waals surface area contributed by atoms with Gasteiger partial charge in [-0.2, -0.15) is 0 Å². The Morgan fingerprint density at radius 1 is 1.62 bits per heavy atom. The van der Waals surface area contributed by atoms with Crippen LogP contribution in [0.3, 0.4) is 0 Å². The van der Waals surface area contributed by atoms with Gasteiger partial charge in [-0.25, -0.2) is 8.42 Å². The molecule has 0 saturated carbocycles. The summed E-state index contributed by atoms with van der Waals surface area (Å²) in [5.41, 5.74) is 5.21. The van der Waals surface area contributed by atoms with E-state index in [-0.39, 0.29) is 17.8 Å². The summed E-state index contributed by atoms with van der Waals surface area (Å²) in [6.45, 7) is 2.05. The molecule has 1 fully saturated rings. The molecule has 13 heavy (non-hydrogen) atoms. The average Bonchev–Trinajstić information content (AvgIpc) is 2.31. The molecule has 0 aromatic heterocycles. The van der Waals surface area contributed by atoms with Crippen LogP contribution < -0.4 is 5.73 Å². The van der Waals surface area contributed by atoms with E-state index in [0.29, 0.717) is 19.4 Å². The first-order chi connectivity index (χ1) is 5.98. The van der Waals surface area contributed by atoms with E-state index >= 15 is 0 Å². The summed E-state index contributed by atoms with van der Waals surface area (Å²) in [5, 5.41) is 8.46. The van der Waals surface area contributed by atoms with Crippen LogP contribution in [-0.2, 0) is 9.84 Å². The second-order valence-electron chi connectivity index (χ2n) is 3.80. The highest BCUT2D eigenvalue weighted by atomic mass is 32.2. The largest absolute Gasteiger partial charge is 0.396 e. The van der Waals surface area contributed by atoms with Crippen molar-refractivity contribution in [3.63, 3.8) is 0 Å². The van der Waals surface area contributed by atoms with Gasteiger partial charge in [0.25, 0.3) is 0 Å². The first-order valence-electron chi connectivity index (χ1n) is 4.51. The molecule has 0 aromatic rings. The Morgan fingerprint density at radius 2 is 2.23 bits per heavy atom. The summed E-state index contributed by atoms with van der Waals surface area (Å²) >= 11 is 0. The normalized spacial score (nSPS) is 37.9. The molecule has 1 rings (SSSR count). The van der Waals surface area contributed by atoms with Crippen LogP contribution in [0.1, 0.15) is 19.8 Å². The van der Waals surface area contributed by atoms with Crippen molar-refractivity contribution >= 4 is 9.84 Å². The van der Waals surface area contributed by atoms with E-state index in [1.54, 1.807) is 6.92 Å². The minimum atomic E-state index is -2.96. The molecule has 0 aromatic carbocycles. The highest BCUT2D eigenvalue weighted by Gasteiger charge is 2.47. The topological polar surface area (TPSA) is 80.4 Å². The molecular formula is C8H17NO3S. The summed E-state index contributed by atoms with van der Waals surface area (Å²) in [6, 6.07) is 0. The third kappa shape index (κ3) is 1.73. The zero-order valence-electron chi connectivity index (χ0n) is 7.86. The van der Waals surface area contributed by atoms with Crippen molar-refractivity contribution in [3.05, 3.63) is 0 Å². The maximum atomic E-state index is 11.5. The van der Waals surface area contributed by atoms with Crippen molar-refractivity contribution in [2.45, 2.75) is 25.0 Å². The number of aliphatic hydroxyl groups is 1. The van der Waals surface area contributed by atoms with Gasteiger partial charge in [-0.1, -0.05) is 0 Å². The van der Waals surface area contributed by atoms with Crippen LogP contribution in [0.2, 0.25) is 0 Å². The zero-order valence-corrected chi connectivity index (χ0v) is 8.68. The number of rotatable bonds is 3. The highest BCUT2D eigenvalue weighted by Crippen LogP contribution is 2.40. The second kappa shape index (κ2) is 3.55. The molecule has 2 unspecified atom stereocenters. The first kappa shape index (κ1) is 10.9. The lowest BCUT2D eigenvalue weighted by atomic mass is 9.79. The van der Waals surface area contributed by atoms with Crippen LogP contribution in [0, 0.1) is 5.41 Å². The van der Waals surface area contributed by atoms with Crippen molar-refractivity contribution in [1.82, 2.24) is 0 Å². The summed E-state index contributed by atoms with van der Waals surface area (Å²) in [7, 11) is -2.96. The van der Waals surface area contributed by atoms with Gasteiger partial charge >= 0.3 is 0 Å². The fourth-order valence-corrected chi connectivity index (χ4v) is 4.17. The summed E-state index contributed by atoms with van der Waals surface area (Å²) < 4.78 is 22.9. The molecule has 0 amide bonds. The fraction of sp³-hybridized carbons (Fsp3) is 1.00. The average molecular weight is 207 g/mol. The molecule has 0 aliphatic carbocycles. The maximum absolute atomic E-state index is 11.5. The SMILES string of the molecule is CC1C(CN)(CCO)CCS1(=O)=O. The Labute approximate surface area is 79.0 Å². The standard InChI is InChI=1S/C8H17NO3S/c1-7-8(6-9,2-4-10)3-5-13(7,11)12/h7,10H,2-6,9H2,1H3. The van der Waals surface area contributed by atoms with Gasteiger partial charge in [-0.05, 0) is 26.3 Å². The van der Waals surface area contributed by atoms with Crippen molar-refractivity contribution < 1.29 is 13.5 Å². The molecule has 1 aliphatic rings. The second-order valence-corrected chi connectivity index (χ2v) is 6.24. The Hall–Kier alpha value is -0.130. The molecule has 0 spiro atoms. The predicted octanol–water partition coefficient (Wildman–Crippen LogP) is -0.479. The molecule has 5 heteroatoms. The molecule has 78 valence electrons. The van der Waals surface area contributed by atoms with E-state index in [2.05, 4.69) is 0 Å². The van der Waals surface area contributed by atoms with Crippen LogP contribution in [0.15, 0.2) is 0 Å². The minimum Gasteiger partial charge on any atom is -0.396 e. The molecular weight excluding hydrogens is 190 g/mol. The maximum Gasteiger partial charge on any atom is 0.153 e. The van der Waals surface area contributed by atoms with E-state index in [9.17, 15) is 8.42 Å². The van der Waals surface area contributed by atoms with Gasteiger partial charge in [0, 0.05) is 12.0 Å². The van der Waals surface area contributed by atoms with Crippen molar-refractivity contribution in [2.24, 2.45) is 11.1 Å².